The predicted octanol–water partition coefficient (Wildman–Crippen LogP) is 0.0671. The summed E-state index contributed by atoms with van der Waals surface area (Å²) in [6.45, 7) is 4.00. The van der Waals surface area contributed by atoms with Crippen molar-refractivity contribution in [3.63, 3.8) is 0 Å². The highest BCUT2D eigenvalue weighted by Crippen LogP contribution is 2.21. The van der Waals surface area contributed by atoms with E-state index < -0.39 is 23.7 Å². The van der Waals surface area contributed by atoms with E-state index >= 15 is 0 Å². The number of rotatable bonds is 4. The maximum absolute atomic E-state index is 12.1. The van der Waals surface area contributed by atoms with Gasteiger partial charge in [0.15, 0.2) is 0 Å². The summed E-state index contributed by atoms with van der Waals surface area (Å²) in [5, 5.41) is 8.90. The fourth-order valence-corrected chi connectivity index (χ4v) is 2.13. The number of primary amides is 1. The van der Waals surface area contributed by atoms with Gasteiger partial charge in [-0.2, -0.15) is 0 Å². The molecule has 1 heterocycles. The van der Waals surface area contributed by atoms with Crippen LogP contribution in [0.5, 0.6) is 0 Å². The molecule has 6 nitrogen and oxygen atoms in total. The van der Waals surface area contributed by atoms with Crippen LogP contribution in [0.4, 0.5) is 0 Å². The summed E-state index contributed by atoms with van der Waals surface area (Å²) in [5.41, 5.74) is 5.24. The number of nitrogens with two attached hydrogens (primary N) is 1. The summed E-state index contributed by atoms with van der Waals surface area (Å²) in [4.78, 5) is 35.7. The summed E-state index contributed by atoms with van der Waals surface area (Å²) in [6, 6.07) is 0. The molecule has 1 saturated heterocycles. The van der Waals surface area contributed by atoms with Gasteiger partial charge < -0.3 is 15.7 Å². The molecule has 6 heteroatoms. The normalized spacial score (nSPS) is 23.2. The molecule has 0 aliphatic carbocycles. The molecule has 0 aromatic heterocycles. The van der Waals surface area contributed by atoms with E-state index in [-0.39, 0.29) is 11.8 Å². The van der Waals surface area contributed by atoms with Gasteiger partial charge in [-0.15, -0.1) is 0 Å². The van der Waals surface area contributed by atoms with E-state index in [0.29, 0.717) is 19.5 Å². The highest BCUT2D eigenvalue weighted by Gasteiger charge is 2.33. The number of piperidine rings is 1. The maximum Gasteiger partial charge on any atom is 0.307 e. The Labute approximate surface area is 106 Å². The van der Waals surface area contributed by atoms with Crippen LogP contribution in [0.3, 0.4) is 0 Å². The first-order valence-corrected chi connectivity index (χ1v) is 6.15. The zero-order chi connectivity index (χ0) is 13.9. The number of hydrogen-bond donors (Lipinski definition) is 2. The van der Waals surface area contributed by atoms with Crippen LogP contribution >= 0.6 is 0 Å². The second-order valence-corrected chi connectivity index (χ2v) is 4.94. The minimum Gasteiger partial charge on any atom is -0.481 e. The molecular weight excluding hydrogens is 236 g/mol. The molecule has 0 radical (unpaired) electrons. The number of carboxylic acid groups (broad SMARTS) is 1. The van der Waals surface area contributed by atoms with Crippen molar-refractivity contribution in [3.8, 4) is 0 Å². The topological polar surface area (TPSA) is 101 Å². The van der Waals surface area contributed by atoms with Crippen molar-refractivity contribution in [2.45, 2.75) is 26.7 Å². The fraction of sp³-hybridized carbons (Fsp3) is 0.750. The Balaban J connectivity index is 2.66. The molecule has 1 aliphatic rings. The number of carbonyl (C=O) groups is 3. The molecule has 18 heavy (non-hydrogen) atoms. The zero-order valence-corrected chi connectivity index (χ0v) is 10.8. The first-order chi connectivity index (χ1) is 8.34. The number of amides is 2. The fourth-order valence-electron chi connectivity index (χ4n) is 2.13. The van der Waals surface area contributed by atoms with Crippen LogP contribution < -0.4 is 5.73 Å². The highest BCUT2D eigenvalue weighted by atomic mass is 16.4. The average Bonchev–Trinajstić information content (AvgIpc) is 2.36. The summed E-state index contributed by atoms with van der Waals surface area (Å²) in [7, 11) is 0. The molecule has 0 aromatic rings. The lowest BCUT2D eigenvalue weighted by molar-refractivity contribution is -0.150. The van der Waals surface area contributed by atoms with Gasteiger partial charge in [0.25, 0.3) is 0 Å². The van der Waals surface area contributed by atoms with Crippen molar-refractivity contribution in [2.75, 3.05) is 13.1 Å². The number of likely N-dealkylation sites (tertiary alicyclic amines) is 1. The number of hydrogen-bond acceptors (Lipinski definition) is 3. The van der Waals surface area contributed by atoms with E-state index in [1.54, 1.807) is 11.8 Å². The number of carboxylic acids is 1. The Morgan fingerprint density at radius 1 is 1.28 bits per heavy atom. The van der Waals surface area contributed by atoms with Gasteiger partial charge in [-0.3, -0.25) is 14.4 Å². The van der Waals surface area contributed by atoms with Crippen molar-refractivity contribution in [1.29, 1.82) is 0 Å². The van der Waals surface area contributed by atoms with E-state index in [2.05, 4.69) is 0 Å². The van der Waals surface area contributed by atoms with Crippen LogP contribution in [-0.4, -0.2) is 40.9 Å². The minimum absolute atomic E-state index is 0.212. The summed E-state index contributed by atoms with van der Waals surface area (Å²) < 4.78 is 0. The Kier molecular flexibility index (Phi) is 4.69. The Hall–Kier alpha value is -1.59. The van der Waals surface area contributed by atoms with Gasteiger partial charge in [0, 0.05) is 19.0 Å². The van der Waals surface area contributed by atoms with Crippen molar-refractivity contribution >= 4 is 17.8 Å². The first-order valence-electron chi connectivity index (χ1n) is 6.15. The summed E-state index contributed by atoms with van der Waals surface area (Å²) >= 11 is 0. The van der Waals surface area contributed by atoms with Crippen molar-refractivity contribution in [3.05, 3.63) is 0 Å². The van der Waals surface area contributed by atoms with Crippen molar-refractivity contribution in [2.24, 2.45) is 23.5 Å². The second-order valence-electron chi connectivity index (χ2n) is 4.94. The van der Waals surface area contributed by atoms with Gasteiger partial charge >= 0.3 is 5.97 Å². The van der Waals surface area contributed by atoms with Crippen molar-refractivity contribution < 1.29 is 19.5 Å². The van der Waals surface area contributed by atoms with Gasteiger partial charge in [-0.25, -0.2) is 0 Å². The lowest BCUT2D eigenvalue weighted by Gasteiger charge is -2.33. The highest BCUT2D eigenvalue weighted by molar-refractivity contribution is 5.85. The van der Waals surface area contributed by atoms with Crippen LogP contribution in [0, 0.1) is 17.8 Å². The monoisotopic (exact) mass is 256 g/mol. The molecule has 3 atom stereocenters. The van der Waals surface area contributed by atoms with Gasteiger partial charge in [0.1, 0.15) is 0 Å². The van der Waals surface area contributed by atoms with Gasteiger partial charge in [-0.05, 0) is 12.8 Å². The van der Waals surface area contributed by atoms with E-state index in [9.17, 15) is 14.4 Å². The molecule has 1 rings (SSSR count). The Morgan fingerprint density at radius 3 is 2.39 bits per heavy atom. The first kappa shape index (κ1) is 14.5. The van der Waals surface area contributed by atoms with Crippen molar-refractivity contribution in [1.82, 2.24) is 4.90 Å². The van der Waals surface area contributed by atoms with Gasteiger partial charge in [0.2, 0.25) is 11.8 Å². The predicted molar refractivity (Wildman–Crippen MR) is 64.5 cm³/mol. The third-order valence-corrected chi connectivity index (χ3v) is 3.66. The van der Waals surface area contributed by atoms with Gasteiger partial charge in [0.05, 0.1) is 11.8 Å². The quantitative estimate of drug-likeness (QED) is 0.743. The number of carbonyl (C=O) groups excluding carboxylic acids is 2. The lowest BCUT2D eigenvalue weighted by Crippen LogP contribution is -2.47. The second kappa shape index (κ2) is 5.84. The molecule has 1 fully saturated rings. The molecule has 0 aromatic carbocycles. The van der Waals surface area contributed by atoms with Gasteiger partial charge in [-0.1, -0.05) is 13.8 Å². The number of aliphatic carboxylic acids is 1. The molecule has 0 bridgehead atoms. The largest absolute Gasteiger partial charge is 0.481 e. The van der Waals surface area contributed by atoms with Crippen LogP contribution in [0.2, 0.25) is 0 Å². The van der Waals surface area contributed by atoms with E-state index in [1.165, 1.54) is 6.92 Å². The molecule has 0 spiro atoms. The molecule has 2 amide bonds. The standard InChI is InChI=1S/C12H20N2O4/c1-7(8(2)12(17)18)11(16)14-5-3-4-9(6-14)10(13)15/h7-9H,3-6H2,1-2H3,(H2,13,15)(H,17,18). The number of nitrogens with zero attached hydrogens (tertiary/aromatic N) is 1. The molecular formula is C12H20N2O4. The van der Waals surface area contributed by atoms with Crippen LogP contribution in [-0.2, 0) is 14.4 Å². The molecule has 3 N–H and O–H groups in total. The van der Waals surface area contributed by atoms with Crippen LogP contribution in [0.25, 0.3) is 0 Å². The van der Waals surface area contributed by atoms with E-state index in [0.717, 1.165) is 6.42 Å². The molecule has 1 aliphatic heterocycles. The molecule has 102 valence electrons. The lowest BCUT2D eigenvalue weighted by atomic mass is 9.92. The summed E-state index contributed by atoms with van der Waals surface area (Å²) in [5.74, 6) is -3.22. The van der Waals surface area contributed by atoms with Crippen LogP contribution in [0.1, 0.15) is 26.7 Å². The van der Waals surface area contributed by atoms with E-state index in [4.69, 9.17) is 10.8 Å². The smallest absolute Gasteiger partial charge is 0.307 e. The Morgan fingerprint density at radius 2 is 1.89 bits per heavy atom. The summed E-state index contributed by atoms with van der Waals surface area (Å²) in [6.07, 6.45) is 1.43. The zero-order valence-electron chi connectivity index (χ0n) is 10.8. The molecule has 3 unspecified atom stereocenters. The minimum atomic E-state index is -0.987. The molecule has 0 saturated carbocycles. The SMILES string of the molecule is CC(C(=O)O)C(C)C(=O)N1CCCC(C(N)=O)C1. The average molecular weight is 256 g/mol. The third-order valence-electron chi connectivity index (χ3n) is 3.66. The maximum atomic E-state index is 12.1. The Bertz CT molecular complexity index is 356. The van der Waals surface area contributed by atoms with Crippen LogP contribution in [0.15, 0.2) is 0 Å². The third kappa shape index (κ3) is 3.21. The van der Waals surface area contributed by atoms with E-state index in [1.807, 2.05) is 0 Å².